The Morgan fingerprint density at radius 1 is 1.23 bits per heavy atom. The summed E-state index contributed by atoms with van der Waals surface area (Å²) in [6.45, 7) is 1.55. The monoisotopic (exact) mass is 444 g/mol. The van der Waals surface area contributed by atoms with E-state index in [0.717, 1.165) is 0 Å². The summed E-state index contributed by atoms with van der Waals surface area (Å²) in [4.78, 5) is 30.9. The number of benzene rings is 1. The third-order valence-corrected chi connectivity index (χ3v) is 5.39. The molecule has 1 amide bonds. The molecule has 2 aromatic heterocycles. The number of hydrogen-bond donors (Lipinski definition) is 0. The van der Waals surface area contributed by atoms with E-state index in [1.807, 2.05) is 25.3 Å². The van der Waals surface area contributed by atoms with Crippen LogP contribution < -0.4 is 4.90 Å². The molecule has 30 heavy (non-hydrogen) atoms. The summed E-state index contributed by atoms with van der Waals surface area (Å²) in [6.07, 6.45) is 6.83. The molecule has 0 saturated heterocycles. The van der Waals surface area contributed by atoms with Crippen molar-refractivity contribution in [3.05, 3.63) is 71.8 Å². The van der Waals surface area contributed by atoms with Crippen LogP contribution in [0.2, 0.25) is 5.15 Å². The van der Waals surface area contributed by atoms with E-state index in [0.29, 0.717) is 22.7 Å². The first kappa shape index (κ1) is 21.9. The molecule has 0 aliphatic heterocycles. The molecule has 0 N–H and O–H groups in total. The summed E-state index contributed by atoms with van der Waals surface area (Å²) < 4.78 is 6.95. The second-order valence-corrected chi connectivity index (χ2v) is 7.78. The fraction of sp³-hybridized carbons (Fsp3) is 0.238. The number of esters is 1. The number of anilines is 1. The SMILES string of the molecule is CSCC(C)C(=O)N(COC(=O)c1ccccc1)c1cn(-c2cccnc2)nc1Cl. The lowest BCUT2D eigenvalue weighted by molar-refractivity contribution is -0.122. The maximum atomic E-state index is 13.1. The summed E-state index contributed by atoms with van der Waals surface area (Å²) in [5, 5.41) is 4.40. The number of amides is 1. The molecule has 0 radical (unpaired) electrons. The number of nitrogens with zero attached hydrogens (tertiary/aromatic N) is 4. The Balaban J connectivity index is 1.87. The fourth-order valence-corrected chi connectivity index (χ4v) is 3.64. The van der Waals surface area contributed by atoms with Gasteiger partial charge in [-0.05, 0) is 30.5 Å². The van der Waals surface area contributed by atoms with Crippen LogP contribution >= 0.6 is 23.4 Å². The molecule has 2 heterocycles. The lowest BCUT2D eigenvalue weighted by Crippen LogP contribution is -2.38. The Morgan fingerprint density at radius 2 is 2.00 bits per heavy atom. The molecule has 156 valence electrons. The van der Waals surface area contributed by atoms with Crippen molar-refractivity contribution in [1.29, 1.82) is 0 Å². The Labute approximate surface area is 184 Å². The van der Waals surface area contributed by atoms with Crippen LogP contribution in [0.1, 0.15) is 17.3 Å². The third-order valence-electron chi connectivity index (χ3n) is 4.29. The fourth-order valence-electron chi connectivity index (χ4n) is 2.77. The van der Waals surface area contributed by atoms with Crippen molar-refractivity contribution in [2.75, 3.05) is 23.6 Å². The lowest BCUT2D eigenvalue weighted by Gasteiger charge is -2.24. The second kappa shape index (κ2) is 10.3. The first-order valence-electron chi connectivity index (χ1n) is 9.19. The zero-order valence-corrected chi connectivity index (χ0v) is 18.1. The van der Waals surface area contributed by atoms with Gasteiger partial charge in [-0.15, -0.1) is 0 Å². The van der Waals surface area contributed by atoms with E-state index in [2.05, 4.69) is 10.1 Å². The Bertz CT molecular complexity index is 998. The van der Waals surface area contributed by atoms with Crippen molar-refractivity contribution >= 4 is 40.9 Å². The first-order valence-corrected chi connectivity index (χ1v) is 11.0. The number of ether oxygens (including phenoxy) is 1. The lowest BCUT2D eigenvalue weighted by atomic mass is 10.2. The average molecular weight is 445 g/mol. The van der Waals surface area contributed by atoms with Crippen LogP contribution in [0.5, 0.6) is 0 Å². The van der Waals surface area contributed by atoms with Gasteiger partial charge in [0.25, 0.3) is 0 Å². The van der Waals surface area contributed by atoms with Crippen molar-refractivity contribution < 1.29 is 14.3 Å². The van der Waals surface area contributed by atoms with Gasteiger partial charge in [-0.2, -0.15) is 16.9 Å². The predicted octanol–water partition coefficient (Wildman–Crippen LogP) is 4.07. The summed E-state index contributed by atoms with van der Waals surface area (Å²) >= 11 is 7.92. The van der Waals surface area contributed by atoms with E-state index in [1.54, 1.807) is 60.7 Å². The molecule has 1 unspecified atom stereocenters. The second-order valence-electron chi connectivity index (χ2n) is 6.51. The molecule has 0 saturated carbocycles. The van der Waals surface area contributed by atoms with Gasteiger partial charge in [-0.1, -0.05) is 36.7 Å². The smallest absolute Gasteiger partial charge is 0.339 e. The quantitative estimate of drug-likeness (QED) is 0.385. The Kier molecular flexibility index (Phi) is 7.48. The maximum Gasteiger partial charge on any atom is 0.339 e. The van der Waals surface area contributed by atoms with Crippen LogP contribution in [-0.4, -0.2) is 45.4 Å². The topological polar surface area (TPSA) is 77.3 Å². The van der Waals surface area contributed by atoms with Gasteiger partial charge in [0, 0.05) is 17.9 Å². The van der Waals surface area contributed by atoms with Crippen LogP contribution in [-0.2, 0) is 9.53 Å². The zero-order valence-electron chi connectivity index (χ0n) is 16.6. The first-order chi connectivity index (χ1) is 14.5. The van der Waals surface area contributed by atoms with Gasteiger partial charge in [0.15, 0.2) is 11.9 Å². The number of halogens is 1. The molecule has 7 nitrogen and oxygen atoms in total. The van der Waals surface area contributed by atoms with Gasteiger partial charge in [0.1, 0.15) is 5.69 Å². The van der Waals surface area contributed by atoms with E-state index >= 15 is 0 Å². The highest BCUT2D eigenvalue weighted by atomic mass is 35.5. The van der Waals surface area contributed by atoms with Crippen LogP contribution in [0.15, 0.2) is 61.1 Å². The van der Waals surface area contributed by atoms with E-state index in [-0.39, 0.29) is 23.7 Å². The molecule has 3 aromatic rings. The molecule has 0 bridgehead atoms. The van der Waals surface area contributed by atoms with Crippen molar-refractivity contribution in [3.63, 3.8) is 0 Å². The van der Waals surface area contributed by atoms with E-state index in [1.165, 1.54) is 9.58 Å². The summed E-state index contributed by atoms with van der Waals surface area (Å²) in [5.74, 6) is -0.413. The van der Waals surface area contributed by atoms with Crippen molar-refractivity contribution in [1.82, 2.24) is 14.8 Å². The van der Waals surface area contributed by atoms with Crippen LogP contribution in [0.4, 0.5) is 5.69 Å². The molecule has 0 spiro atoms. The van der Waals surface area contributed by atoms with Gasteiger partial charge in [-0.25, -0.2) is 9.48 Å². The number of rotatable bonds is 8. The standard InChI is InChI=1S/C21H21ClN4O3S/c1-15(13-30-2)20(27)25(14-29-21(28)16-7-4-3-5-8-16)18-12-26(24-19(18)22)17-9-6-10-23-11-17/h3-12,15H,13-14H2,1-2H3. The molecule has 1 atom stereocenters. The van der Waals surface area contributed by atoms with Gasteiger partial charge < -0.3 is 4.74 Å². The Hall–Kier alpha value is -2.84. The number of thioether (sulfide) groups is 1. The minimum atomic E-state index is -0.526. The highest BCUT2D eigenvalue weighted by Crippen LogP contribution is 2.28. The minimum absolute atomic E-state index is 0.124. The summed E-state index contributed by atoms with van der Waals surface area (Å²) in [7, 11) is 0. The van der Waals surface area contributed by atoms with Gasteiger partial charge in [-0.3, -0.25) is 14.7 Å². The van der Waals surface area contributed by atoms with Gasteiger partial charge in [0.2, 0.25) is 5.91 Å². The minimum Gasteiger partial charge on any atom is -0.440 e. The Morgan fingerprint density at radius 3 is 2.67 bits per heavy atom. The molecule has 3 rings (SSSR count). The van der Waals surface area contributed by atoms with E-state index < -0.39 is 5.97 Å². The third kappa shape index (κ3) is 5.20. The molecule has 0 aliphatic rings. The van der Waals surface area contributed by atoms with E-state index in [4.69, 9.17) is 16.3 Å². The largest absolute Gasteiger partial charge is 0.440 e. The maximum absolute atomic E-state index is 13.1. The van der Waals surface area contributed by atoms with Gasteiger partial charge >= 0.3 is 5.97 Å². The molecular weight excluding hydrogens is 424 g/mol. The number of aromatic nitrogens is 3. The van der Waals surface area contributed by atoms with Crippen LogP contribution in [0.25, 0.3) is 5.69 Å². The normalized spacial score (nSPS) is 11.7. The summed E-state index contributed by atoms with van der Waals surface area (Å²) in [5.41, 5.74) is 1.45. The molecule has 1 aromatic carbocycles. The molecule has 9 heteroatoms. The summed E-state index contributed by atoms with van der Waals surface area (Å²) in [6, 6.07) is 12.2. The zero-order chi connectivity index (χ0) is 21.5. The van der Waals surface area contributed by atoms with Crippen molar-refractivity contribution in [3.8, 4) is 5.69 Å². The van der Waals surface area contributed by atoms with Crippen LogP contribution in [0, 0.1) is 5.92 Å². The highest BCUT2D eigenvalue weighted by molar-refractivity contribution is 7.98. The number of carbonyl (C=O) groups excluding carboxylic acids is 2. The highest BCUT2D eigenvalue weighted by Gasteiger charge is 2.27. The number of pyridine rings is 1. The molecule has 0 aliphatic carbocycles. The number of carbonyl (C=O) groups is 2. The predicted molar refractivity (Wildman–Crippen MR) is 118 cm³/mol. The van der Waals surface area contributed by atoms with Crippen molar-refractivity contribution in [2.24, 2.45) is 5.92 Å². The van der Waals surface area contributed by atoms with E-state index in [9.17, 15) is 9.59 Å². The average Bonchev–Trinajstić information content (AvgIpc) is 3.16. The van der Waals surface area contributed by atoms with Crippen molar-refractivity contribution in [2.45, 2.75) is 6.92 Å². The number of hydrogen-bond acceptors (Lipinski definition) is 6. The molecule has 0 fully saturated rings. The molecular formula is C21H21ClN4O3S. The van der Waals surface area contributed by atoms with Crippen LogP contribution in [0.3, 0.4) is 0 Å². The van der Waals surface area contributed by atoms with Gasteiger partial charge in [0.05, 0.1) is 23.6 Å².